The van der Waals surface area contributed by atoms with Gasteiger partial charge >= 0.3 is 0 Å². The van der Waals surface area contributed by atoms with Crippen molar-refractivity contribution >= 4 is 32.9 Å². The Labute approximate surface area is 125 Å². The molecule has 0 aliphatic carbocycles. The van der Waals surface area contributed by atoms with E-state index >= 15 is 0 Å². The number of sulfonamides is 1. The van der Waals surface area contributed by atoms with Crippen LogP contribution >= 0.6 is 12.2 Å². The Morgan fingerprint density at radius 2 is 2.10 bits per heavy atom. The van der Waals surface area contributed by atoms with Crippen LogP contribution in [0.5, 0.6) is 0 Å². The van der Waals surface area contributed by atoms with Gasteiger partial charge in [-0.25, -0.2) is 8.42 Å². The summed E-state index contributed by atoms with van der Waals surface area (Å²) in [4.78, 5) is -0.0191. The lowest BCUT2D eigenvalue weighted by Gasteiger charge is -2.18. The van der Waals surface area contributed by atoms with Crippen molar-refractivity contribution in [2.75, 3.05) is 18.4 Å². The van der Waals surface area contributed by atoms with Gasteiger partial charge in [0.15, 0.2) is 0 Å². The lowest BCUT2D eigenvalue weighted by molar-refractivity contribution is 0.202. The summed E-state index contributed by atoms with van der Waals surface area (Å²) in [5.74, 6) is 0. The number of anilines is 1. The molecule has 0 aliphatic rings. The predicted octanol–water partition coefficient (Wildman–Crippen LogP) is 1.68. The maximum atomic E-state index is 12.3. The summed E-state index contributed by atoms with van der Waals surface area (Å²) < 4.78 is 32.2. The molecule has 1 rings (SSSR count). The van der Waals surface area contributed by atoms with Crippen LogP contribution < -0.4 is 10.5 Å². The highest BCUT2D eigenvalue weighted by Crippen LogP contribution is 2.19. The number of para-hydroxylation sites is 1. The number of ether oxygens (including phenoxy) is 1. The first-order valence-corrected chi connectivity index (χ1v) is 8.25. The van der Waals surface area contributed by atoms with E-state index in [4.69, 9.17) is 22.7 Å². The molecule has 1 aromatic rings. The van der Waals surface area contributed by atoms with Crippen molar-refractivity contribution in [2.24, 2.45) is 5.73 Å². The Morgan fingerprint density at radius 3 is 2.65 bits per heavy atom. The lowest BCUT2D eigenvalue weighted by Crippen LogP contribution is -2.37. The van der Waals surface area contributed by atoms with E-state index in [2.05, 4.69) is 4.72 Å². The van der Waals surface area contributed by atoms with Gasteiger partial charge in [-0.2, -0.15) is 0 Å². The van der Waals surface area contributed by atoms with E-state index in [0.717, 1.165) is 5.56 Å². The van der Waals surface area contributed by atoms with Gasteiger partial charge in [0.2, 0.25) is 10.0 Å². The van der Waals surface area contributed by atoms with E-state index in [-0.39, 0.29) is 4.99 Å². The van der Waals surface area contributed by atoms with E-state index < -0.39 is 15.3 Å². The molecule has 20 heavy (non-hydrogen) atoms. The maximum absolute atomic E-state index is 12.3. The van der Waals surface area contributed by atoms with Gasteiger partial charge in [0.25, 0.3) is 0 Å². The van der Waals surface area contributed by atoms with Crippen LogP contribution in [0.15, 0.2) is 24.3 Å². The molecule has 5 nitrogen and oxygen atoms in total. The highest BCUT2D eigenvalue weighted by molar-refractivity contribution is 7.95. The number of hydrogen-bond donors (Lipinski definition) is 2. The van der Waals surface area contributed by atoms with E-state index in [1.54, 1.807) is 26.2 Å². The van der Waals surface area contributed by atoms with Crippen LogP contribution in [0, 0.1) is 0 Å². The second-order valence-corrected chi connectivity index (χ2v) is 6.68. The fourth-order valence-electron chi connectivity index (χ4n) is 1.85. The normalized spacial score (nSPS) is 12.9. The first-order valence-electron chi connectivity index (χ1n) is 6.30. The van der Waals surface area contributed by atoms with Gasteiger partial charge in [-0.05, 0) is 24.5 Å². The van der Waals surface area contributed by atoms with Gasteiger partial charge in [-0.1, -0.05) is 37.3 Å². The molecule has 0 amide bonds. The Kier molecular flexibility index (Phi) is 6.38. The third-order valence-corrected chi connectivity index (χ3v) is 5.18. The van der Waals surface area contributed by atoms with Gasteiger partial charge in [0.05, 0.1) is 17.3 Å². The van der Waals surface area contributed by atoms with Gasteiger partial charge in [0, 0.05) is 7.11 Å². The first kappa shape index (κ1) is 16.9. The van der Waals surface area contributed by atoms with E-state index in [1.807, 2.05) is 12.1 Å². The molecule has 1 atom stereocenters. The molecule has 112 valence electrons. The molecule has 1 unspecified atom stereocenters. The summed E-state index contributed by atoms with van der Waals surface area (Å²) in [5, 5.41) is -0.868. The average molecular weight is 316 g/mol. The second kappa shape index (κ2) is 7.56. The highest BCUT2D eigenvalue weighted by atomic mass is 32.2. The molecule has 1 aromatic carbocycles. The van der Waals surface area contributed by atoms with Crippen LogP contribution in [0.1, 0.15) is 18.9 Å². The van der Waals surface area contributed by atoms with Crippen molar-refractivity contribution in [3.63, 3.8) is 0 Å². The number of nitrogens with two attached hydrogens (primary N) is 1. The van der Waals surface area contributed by atoms with Crippen molar-refractivity contribution in [3.05, 3.63) is 29.8 Å². The fraction of sp³-hybridized carbons (Fsp3) is 0.462. The zero-order chi connectivity index (χ0) is 15.2. The van der Waals surface area contributed by atoms with Gasteiger partial charge in [-0.15, -0.1) is 0 Å². The third kappa shape index (κ3) is 4.43. The minimum atomic E-state index is -3.63. The van der Waals surface area contributed by atoms with Crippen LogP contribution in [0.25, 0.3) is 0 Å². The molecule has 0 fully saturated rings. The number of rotatable bonds is 8. The zero-order valence-electron chi connectivity index (χ0n) is 11.6. The summed E-state index contributed by atoms with van der Waals surface area (Å²) >= 11 is 4.82. The molecular weight excluding hydrogens is 296 g/mol. The molecule has 0 bridgehead atoms. The topological polar surface area (TPSA) is 81.4 Å². The quantitative estimate of drug-likeness (QED) is 0.713. The van der Waals surface area contributed by atoms with Gasteiger partial charge in [0.1, 0.15) is 5.25 Å². The van der Waals surface area contributed by atoms with Crippen molar-refractivity contribution in [1.82, 2.24) is 0 Å². The Balaban J connectivity index is 3.00. The molecule has 0 aromatic heterocycles. The number of thiocarbonyl (C=S) groups is 1. The minimum Gasteiger partial charge on any atom is -0.392 e. The molecule has 0 radical (unpaired) electrons. The standard InChI is InChI=1S/C13H20N2O3S2/c1-3-12(13(14)19)20(16,17)15-11-7-5-4-6-10(11)8-9-18-2/h4-7,12,15H,3,8-9H2,1-2H3,(H2,14,19). The van der Waals surface area contributed by atoms with Gasteiger partial charge < -0.3 is 10.5 Å². The summed E-state index contributed by atoms with van der Waals surface area (Å²) in [6.45, 7) is 2.26. The predicted molar refractivity (Wildman–Crippen MR) is 85.4 cm³/mol. The summed E-state index contributed by atoms with van der Waals surface area (Å²) in [6, 6.07) is 7.21. The number of methoxy groups -OCH3 is 1. The summed E-state index contributed by atoms with van der Waals surface area (Å²) in [7, 11) is -2.03. The SMILES string of the molecule is CCC(C(N)=S)S(=O)(=O)Nc1ccccc1CCOC. The summed E-state index contributed by atoms with van der Waals surface area (Å²) in [5.41, 5.74) is 6.91. The highest BCUT2D eigenvalue weighted by Gasteiger charge is 2.26. The largest absolute Gasteiger partial charge is 0.392 e. The van der Waals surface area contributed by atoms with E-state index in [1.165, 1.54) is 0 Å². The van der Waals surface area contributed by atoms with Crippen LogP contribution in [0.2, 0.25) is 0 Å². The molecule has 0 heterocycles. The van der Waals surface area contributed by atoms with E-state index in [0.29, 0.717) is 25.1 Å². The molecule has 7 heteroatoms. The van der Waals surface area contributed by atoms with Crippen LogP contribution in [0.4, 0.5) is 5.69 Å². The first-order chi connectivity index (χ1) is 9.42. The second-order valence-electron chi connectivity index (χ2n) is 4.35. The number of benzene rings is 1. The van der Waals surface area contributed by atoms with Crippen molar-refractivity contribution < 1.29 is 13.2 Å². The molecular formula is C13H20N2O3S2. The van der Waals surface area contributed by atoms with Crippen molar-refractivity contribution in [1.29, 1.82) is 0 Å². The monoisotopic (exact) mass is 316 g/mol. The molecule has 0 saturated carbocycles. The van der Waals surface area contributed by atoms with Crippen LogP contribution in [-0.4, -0.2) is 32.4 Å². The zero-order valence-corrected chi connectivity index (χ0v) is 13.3. The van der Waals surface area contributed by atoms with Crippen LogP contribution in [0.3, 0.4) is 0 Å². The van der Waals surface area contributed by atoms with Gasteiger partial charge in [-0.3, -0.25) is 4.72 Å². The maximum Gasteiger partial charge on any atom is 0.242 e. The van der Waals surface area contributed by atoms with E-state index in [9.17, 15) is 8.42 Å². The third-order valence-electron chi connectivity index (χ3n) is 2.91. The average Bonchev–Trinajstić information content (AvgIpc) is 2.37. The van der Waals surface area contributed by atoms with Crippen molar-refractivity contribution in [3.8, 4) is 0 Å². The Morgan fingerprint density at radius 1 is 1.45 bits per heavy atom. The van der Waals surface area contributed by atoms with Crippen LogP contribution in [-0.2, 0) is 21.2 Å². The lowest BCUT2D eigenvalue weighted by atomic mass is 10.1. The Hall–Kier alpha value is -1.18. The fourth-order valence-corrected chi connectivity index (χ4v) is 3.79. The molecule has 0 aliphatic heterocycles. The molecule has 3 N–H and O–H groups in total. The number of nitrogens with one attached hydrogen (secondary N) is 1. The Bertz CT molecular complexity index is 558. The van der Waals surface area contributed by atoms with Crippen molar-refractivity contribution in [2.45, 2.75) is 25.0 Å². The minimum absolute atomic E-state index is 0.0191. The molecule has 0 saturated heterocycles. The molecule has 0 spiro atoms. The smallest absolute Gasteiger partial charge is 0.242 e. The number of hydrogen-bond acceptors (Lipinski definition) is 4. The summed E-state index contributed by atoms with van der Waals surface area (Å²) in [6.07, 6.45) is 0.962.